The van der Waals surface area contributed by atoms with Gasteiger partial charge in [0.15, 0.2) is 6.54 Å². The summed E-state index contributed by atoms with van der Waals surface area (Å²) in [5.74, 6) is -0.0984. The average Bonchev–Trinajstić information content (AvgIpc) is 2.55. The molecule has 0 bridgehead atoms. The summed E-state index contributed by atoms with van der Waals surface area (Å²) in [6.45, 7) is 2.10. The molecule has 0 aromatic heterocycles. The lowest BCUT2D eigenvalue weighted by atomic mass is 9.97. The molecular weight excluding hydrogens is 338 g/mol. The molecule has 1 aliphatic rings. The minimum Gasteiger partial charge on any atom is -0.336 e. The van der Waals surface area contributed by atoms with Gasteiger partial charge in [-0.05, 0) is 57.4 Å². The fourth-order valence-electron chi connectivity index (χ4n) is 3.29. The first kappa shape index (κ1) is 19.9. The maximum absolute atomic E-state index is 12.2. The Morgan fingerprint density at radius 1 is 1.16 bits per heavy atom. The van der Waals surface area contributed by atoms with Gasteiger partial charge in [-0.3, -0.25) is 4.79 Å². The van der Waals surface area contributed by atoms with Crippen molar-refractivity contribution in [3.05, 3.63) is 23.8 Å². The van der Waals surface area contributed by atoms with Crippen molar-refractivity contribution in [2.75, 3.05) is 18.9 Å². The van der Waals surface area contributed by atoms with E-state index in [1.165, 1.54) is 58.1 Å². The van der Waals surface area contributed by atoms with Crippen molar-refractivity contribution < 1.29 is 18.5 Å². The van der Waals surface area contributed by atoms with Crippen molar-refractivity contribution in [2.24, 2.45) is 0 Å². The zero-order valence-electron chi connectivity index (χ0n) is 15.2. The first-order valence-corrected chi connectivity index (χ1v) is 10.6. The number of hydrogen-bond donors (Lipinski definition) is 3. The molecule has 0 atom stereocenters. The Labute approximate surface area is 150 Å². The number of aryl methyl sites for hydroxylation is 1. The number of sulfonamides is 1. The molecule has 1 amide bonds. The van der Waals surface area contributed by atoms with Crippen LogP contribution in [-0.4, -0.2) is 34.0 Å². The van der Waals surface area contributed by atoms with Gasteiger partial charge in [0.2, 0.25) is 10.0 Å². The van der Waals surface area contributed by atoms with Crippen LogP contribution in [0.1, 0.15) is 50.5 Å². The molecule has 6 nitrogen and oxygen atoms in total. The van der Waals surface area contributed by atoms with E-state index in [1.54, 1.807) is 19.1 Å². The van der Waals surface area contributed by atoms with Crippen molar-refractivity contribution in [1.29, 1.82) is 0 Å². The zero-order valence-corrected chi connectivity index (χ0v) is 16.0. The van der Waals surface area contributed by atoms with Crippen LogP contribution in [0.2, 0.25) is 0 Å². The minimum atomic E-state index is -3.53. The largest absolute Gasteiger partial charge is 0.336 e. The van der Waals surface area contributed by atoms with Crippen LogP contribution in [0, 0.1) is 6.92 Å². The van der Waals surface area contributed by atoms with Gasteiger partial charge >= 0.3 is 0 Å². The SMILES string of the molecule is CNS(=O)(=O)c1cc(NC(=O)C[NH2+]C2CCCCCCC2)ccc1C. The van der Waals surface area contributed by atoms with Crippen molar-refractivity contribution in [2.45, 2.75) is 62.8 Å². The number of carbonyl (C=O) groups excluding carboxylic acids is 1. The van der Waals surface area contributed by atoms with E-state index in [0.717, 1.165) is 0 Å². The van der Waals surface area contributed by atoms with Gasteiger partial charge in [0.25, 0.3) is 5.91 Å². The Kier molecular flexibility index (Phi) is 7.40. The zero-order chi connectivity index (χ0) is 18.3. The van der Waals surface area contributed by atoms with E-state index >= 15 is 0 Å². The number of rotatable bonds is 6. The van der Waals surface area contributed by atoms with Gasteiger partial charge in [-0.2, -0.15) is 0 Å². The van der Waals surface area contributed by atoms with Crippen molar-refractivity contribution in [3.63, 3.8) is 0 Å². The standard InChI is InChI=1S/C18H29N3O3S/c1-14-10-11-16(12-17(14)25(23,24)19-2)21-18(22)13-20-15-8-6-4-3-5-7-9-15/h10-12,15,19-20H,3-9,13H2,1-2H3,(H,21,22)/p+1. The van der Waals surface area contributed by atoms with E-state index < -0.39 is 10.0 Å². The summed E-state index contributed by atoms with van der Waals surface area (Å²) in [5.41, 5.74) is 1.16. The fraction of sp³-hybridized carbons (Fsp3) is 0.611. The second kappa shape index (κ2) is 9.31. The van der Waals surface area contributed by atoms with Gasteiger partial charge in [-0.25, -0.2) is 13.1 Å². The van der Waals surface area contributed by atoms with Gasteiger partial charge in [-0.1, -0.05) is 25.3 Å². The molecule has 4 N–H and O–H groups in total. The highest BCUT2D eigenvalue weighted by Crippen LogP contribution is 2.20. The monoisotopic (exact) mass is 368 g/mol. The molecule has 0 radical (unpaired) electrons. The van der Waals surface area contributed by atoms with E-state index in [2.05, 4.69) is 15.4 Å². The molecule has 0 heterocycles. The minimum absolute atomic E-state index is 0.0984. The van der Waals surface area contributed by atoms with Crippen LogP contribution < -0.4 is 15.4 Å². The first-order valence-electron chi connectivity index (χ1n) is 9.10. The highest BCUT2D eigenvalue weighted by Gasteiger charge is 2.18. The molecule has 2 rings (SSSR count). The summed E-state index contributed by atoms with van der Waals surface area (Å²) in [7, 11) is -2.15. The van der Waals surface area contributed by atoms with Crippen LogP contribution in [0.5, 0.6) is 0 Å². The van der Waals surface area contributed by atoms with Crippen LogP contribution in [0.25, 0.3) is 0 Å². The van der Waals surface area contributed by atoms with Crippen molar-refractivity contribution in [1.82, 2.24) is 4.72 Å². The second-order valence-electron chi connectivity index (χ2n) is 6.78. The van der Waals surface area contributed by atoms with Crippen LogP contribution in [0.4, 0.5) is 5.69 Å². The fourth-order valence-corrected chi connectivity index (χ4v) is 4.28. The first-order chi connectivity index (χ1) is 11.9. The summed E-state index contributed by atoms with van der Waals surface area (Å²) >= 11 is 0. The van der Waals surface area contributed by atoms with Crippen LogP contribution >= 0.6 is 0 Å². The third-order valence-electron chi connectivity index (χ3n) is 4.82. The van der Waals surface area contributed by atoms with Gasteiger partial charge < -0.3 is 10.6 Å². The normalized spacial score (nSPS) is 16.9. The molecule has 25 heavy (non-hydrogen) atoms. The molecule has 1 saturated carbocycles. The van der Waals surface area contributed by atoms with E-state index in [9.17, 15) is 13.2 Å². The third-order valence-corrected chi connectivity index (χ3v) is 6.37. The highest BCUT2D eigenvalue weighted by molar-refractivity contribution is 7.89. The van der Waals surface area contributed by atoms with Crippen LogP contribution in [-0.2, 0) is 14.8 Å². The van der Waals surface area contributed by atoms with Gasteiger partial charge in [0.05, 0.1) is 10.9 Å². The molecule has 0 spiro atoms. The van der Waals surface area contributed by atoms with E-state index in [0.29, 0.717) is 23.8 Å². The molecule has 0 aliphatic heterocycles. The number of anilines is 1. The number of nitrogens with two attached hydrogens (primary N) is 1. The van der Waals surface area contributed by atoms with E-state index in [1.807, 2.05) is 0 Å². The van der Waals surface area contributed by atoms with E-state index in [4.69, 9.17) is 0 Å². The Balaban J connectivity index is 1.93. The topological polar surface area (TPSA) is 91.9 Å². The maximum Gasteiger partial charge on any atom is 0.279 e. The molecule has 1 aliphatic carbocycles. The maximum atomic E-state index is 12.2. The van der Waals surface area contributed by atoms with Gasteiger partial charge in [0, 0.05) is 5.69 Å². The number of amides is 1. The molecule has 0 unspecified atom stereocenters. The number of hydrogen-bond acceptors (Lipinski definition) is 3. The predicted octanol–water partition coefficient (Wildman–Crippen LogP) is 1.52. The lowest BCUT2D eigenvalue weighted by molar-refractivity contribution is -0.680. The molecule has 140 valence electrons. The average molecular weight is 369 g/mol. The quantitative estimate of drug-likeness (QED) is 0.711. The molecule has 1 aromatic rings. The summed E-state index contributed by atoms with van der Waals surface area (Å²) in [6, 6.07) is 5.47. The molecule has 7 heteroatoms. The predicted molar refractivity (Wildman–Crippen MR) is 99.0 cm³/mol. The Morgan fingerprint density at radius 3 is 2.44 bits per heavy atom. The van der Waals surface area contributed by atoms with Crippen LogP contribution in [0.15, 0.2) is 23.1 Å². The molecule has 1 fully saturated rings. The van der Waals surface area contributed by atoms with Gasteiger partial charge in [0.1, 0.15) is 0 Å². The number of carbonyl (C=O) groups is 1. The third kappa shape index (κ3) is 6.09. The molecular formula is C18H30N3O3S+. The number of quaternary nitrogens is 1. The number of nitrogens with one attached hydrogen (secondary N) is 2. The lowest BCUT2D eigenvalue weighted by Crippen LogP contribution is -2.91. The van der Waals surface area contributed by atoms with Gasteiger partial charge in [-0.15, -0.1) is 0 Å². The second-order valence-corrected chi connectivity index (χ2v) is 8.64. The van der Waals surface area contributed by atoms with E-state index in [-0.39, 0.29) is 10.8 Å². The Hall–Kier alpha value is -1.44. The lowest BCUT2D eigenvalue weighted by Gasteiger charge is -2.18. The van der Waals surface area contributed by atoms with Crippen LogP contribution in [0.3, 0.4) is 0 Å². The molecule has 0 saturated heterocycles. The summed E-state index contributed by atoms with van der Waals surface area (Å²) in [4.78, 5) is 12.4. The smallest absolute Gasteiger partial charge is 0.279 e. The number of benzene rings is 1. The highest BCUT2D eigenvalue weighted by atomic mass is 32.2. The van der Waals surface area contributed by atoms with Crippen molar-refractivity contribution in [3.8, 4) is 0 Å². The Morgan fingerprint density at radius 2 is 1.80 bits per heavy atom. The molecule has 1 aromatic carbocycles. The summed E-state index contributed by atoms with van der Waals surface area (Å²) < 4.78 is 26.4. The van der Waals surface area contributed by atoms with Crippen molar-refractivity contribution >= 4 is 21.6 Å². The Bertz CT molecular complexity index is 681. The summed E-state index contributed by atoms with van der Waals surface area (Å²) in [6.07, 6.45) is 8.74. The summed E-state index contributed by atoms with van der Waals surface area (Å²) in [5, 5.41) is 4.94.